The number of methoxy groups -OCH3 is 1. The number of ether oxygens (including phenoxy) is 2. The van der Waals surface area contributed by atoms with Crippen LogP contribution in [0, 0.1) is 0 Å². The van der Waals surface area contributed by atoms with Gasteiger partial charge in [0.1, 0.15) is 11.5 Å². The summed E-state index contributed by atoms with van der Waals surface area (Å²) in [5.41, 5.74) is 2.29. The number of anilines is 1. The zero-order valence-corrected chi connectivity index (χ0v) is 14.1. The lowest BCUT2D eigenvalue weighted by Gasteiger charge is -2.20. The van der Waals surface area contributed by atoms with E-state index in [1.807, 2.05) is 23.1 Å². The minimum absolute atomic E-state index is 0.0953. The Morgan fingerprint density at radius 3 is 2.62 bits per heavy atom. The van der Waals surface area contributed by atoms with Crippen LogP contribution in [0.4, 0.5) is 5.69 Å². The number of benzene rings is 2. The van der Waals surface area contributed by atoms with E-state index in [1.54, 1.807) is 31.4 Å². The van der Waals surface area contributed by atoms with Crippen molar-refractivity contribution in [3.63, 3.8) is 0 Å². The molecular formula is C18H18N2O3S. The summed E-state index contributed by atoms with van der Waals surface area (Å²) in [7, 11) is 1.60. The molecule has 0 unspecified atom stereocenters. The second-order valence-corrected chi connectivity index (χ2v) is 5.73. The van der Waals surface area contributed by atoms with Crippen LogP contribution in [-0.2, 0) is 11.2 Å². The maximum Gasteiger partial charge on any atom is 0.264 e. The lowest BCUT2D eigenvalue weighted by Crippen LogP contribution is -2.43. The molecule has 0 bridgehead atoms. The van der Waals surface area contributed by atoms with Crippen LogP contribution < -0.4 is 19.7 Å². The maximum atomic E-state index is 12.0. The van der Waals surface area contributed by atoms with Gasteiger partial charge in [0.2, 0.25) is 0 Å². The number of hydrogen-bond donors (Lipinski definition) is 1. The Bertz CT molecular complexity index is 746. The van der Waals surface area contributed by atoms with Crippen molar-refractivity contribution in [3.8, 4) is 11.5 Å². The Hall–Kier alpha value is -2.60. The summed E-state index contributed by atoms with van der Waals surface area (Å²) in [6, 6.07) is 15.1. The predicted molar refractivity (Wildman–Crippen MR) is 96.7 cm³/mol. The van der Waals surface area contributed by atoms with Gasteiger partial charge in [0.15, 0.2) is 11.7 Å². The highest BCUT2D eigenvalue weighted by Crippen LogP contribution is 2.27. The van der Waals surface area contributed by atoms with Crippen LogP contribution in [0.15, 0.2) is 48.5 Å². The summed E-state index contributed by atoms with van der Waals surface area (Å²) < 4.78 is 10.5. The zero-order chi connectivity index (χ0) is 16.9. The Balaban J connectivity index is 1.52. The van der Waals surface area contributed by atoms with E-state index in [9.17, 15) is 4.79 Å². The highest BCUT2D eigenvalue weighted by Gasteiger charge is 2.22. The third kappa shape index (κ3) is 3.65. The normalized spacial score (nSPS) is 12.5. The summed E-state index contributed by atoms with van der Waals surface area (Å²) in [4.78, 5) is 14.0. The third-order valence-electron chi connectivity index (χ3n) is 3.81. The molecule has 24 heavy (non-hydrogen) atoms. The maximum absolute atomic E-state index is 12.0. The fourth-order valence-corrected chi connectivity index (χ4v) is 2.90. The number of para-hydroxylation sites is 1. The molecule has 0 aliphatic carbocycles. The molecule has 0 saturated carbocycles. The average molecular weight is 342 g/mol. The minimum Gasteiger partial charge on any atom is -0.497 e. The number of hydrogen-bond acceptors (Lipinski definition) is 4. The van der Waals surface area contributed by atoms with Crippen molar-refractivity contribution in [3.05, 3.63) is 54.1 Å². The third-order valence-corrected chi connectivity index (χ3v) is 4.13. The van der Waals surface area contributed by atoms with E-state index in [-0.39, 0.29) is 12.5 Å². The standard InChI is InChI=1S/C18H18N2O3S/c1-22-14-6-8-15(9-7-14)23-12-17(21)19-18(24)20-11-10-13-4-2-3-5-16(13)20/h2-9H,10-12H2,1H3,(H,19,21,24). The Morgan fingerprint density at radius 1 is 1.17 bits per heavy atom. The molecule has 1 aliphatic heterocycles. The average Bonchev–Trinajstić information content (AvgIpc) is 3.04. The fourth-order valence-electron chi connectivity index (χ4n) is 2.59. The van der Waals surface area contributed by atoms with E-state index in [2.05, 4.69) is 11.4 Å². The molecule has 1 N–H and O–H groups in total. The molecule has 1 aliphatic rings. The number of nitrogens with zero attached hydrogens (tertiary/aromatic N) is 1. The number of carbonyl (C=O) groups is 1. The van der Waals surface area contributed by atoms with Crippen molar-refractivity contribution in [1.82, 2.24) is 5.32 Å². The Kier molecular flexibility index (Phi) is 4.96. The molecule has 2 aromatic rings. The molecule has 0 atom stereocenters. The monoisotopic (exact) mass is 342 g/mol. The van der Waals surface area contributed by atoms with Gasteiger partial charge in [-0.05, 0) is 54.5 Å². The van der Waals surface area contributed by atoms with E-state index in [0.717, 1.165) is 24.4 Å². The van der Waals surface area contributed by atoms with Crippen LogP contribution in [0.5, 0.6) is 11.5 Å². The van der Waals surface area contributed by atoms with Crippen LogP contribution in [0.25, 0.3) is 0 Å². The summed E-state index contributed by atoms with van der Waals surface area (Å²) in [6.07, 6.45) is 0.925. The van der Waals surface area contributed by atoms with E-state index in [1.165, 1.54) is 5.56 Å². The van der Waals surface area contributed by atoms with Crippen molar-refractivity contribution in [2.24, 2.45) is 0 Å². The summed E-state index contributed by atoms with van der Waals surface area (Å²) in [6.45, 7) is 0.680. The first-order chi connectivity index (χ1) is 11.7. The van der Waals surface area contributed by atoms with Gasteiger partial charge in [0, 0.05) is 12.2 Å². The molecule has 0 fully saturated rings. The van der Waals surface area contributed by atoms with E-state index < -0.39 is 0 Å². The molecule has 0 saturated heterocycles. The van der Waals surface area contributed by atoms with Gasteiger partial charge in [-0.15, -0.1) is 0 Å². The predicted octanol–water partition coefficient (Wildman–Crippen LogP) is 2.54. The van der Waals surface area contributed by atoms with Crippen molar-refractivity contribution >= 4 is 28.9 Å². The van der Waals surface area contributed by atoms with Crippen molar-refractivity contribution in [2.75, 3.05) is 25.2 Å². The number of rotatable bonds is 4. The van der Waals surface area contributed by atoms with Crippen LogP contribution in [0.2, 0.25) is 0 Å². The molecule has 124 valence electrons. The number of nitrogens with one attached hydrogen (secondary N) is 1. The van der Waals surface area contributed by atoms with Crippen LogP contribution in [-0.4, -0.2) is 31.3 Å². The summed E-state index contributed by atoms with van der Waals surface area (Å²) in [5, 5.41) is 3.13. The number of carbonyl (C=O) groups excluding carboxylic acids is 1. The SMILES string of the molecule is COc1ccc(OCC(=O)NC(=S)N2CCc3ccccc32)cc1. The lowest BCUT2D eigenvalue weighted by atomic mass is 10.2. The highest BCUT2D eigenvalue weighted by molar-refractivity contribution is 7.80. The molecule has 0 radical (unpaired) electrons. The molecule has 1 heterocycles. The quantitative estimate of drug-likeness (QED) is 0.866. The second-order valence-electron chi connectivity index (χ2n) is 5.35. The lowest BCUT2D eigenvalue weighted by molar-refractivity contribution is -0.121. The minimum atomic E-state index is -0.278. The first-order valence-electron chi connectivity index (χ1n) is 7.63. The summed E-state index contributed by atoms with van der Waals surface area (Å²) >= 11 is 5.35. The van der Waals surface area contributed by atoms with E-state index in [4.69, 9.17) is 21.7 Å². The van der Waals surface area contributed by atoms with Crippen molar-refractivity contribution < 1.29 is 14.3 Å². The van der Waals surface area contributed by atoms with Gasteiger partial charge in [-0.1, -0.05) is 18.2 Å². The van der Waals surface area contributed by atoms with Gasteiger partial charge in [-0.2, -0.15) is 0 Å². The summed E-state index contributed by atoms with van der Waals surface area (Å²) in [5.74, 6) is 1.06. The van der Waals surface area contributed by atoms with Crippen LogP contribution >= 0.6 is 12.2 Å². The first-order valence-corrected chi connectivity index (χ1v) is 8.04. The molecular weight excluding hydrogens is 324 g/mol. The van der Waals surface area contributed by atoms with Gasteiger partial charge in [-0.3, -0.25) is 10.1 Å². The number of thiocarbonyl (C=S) groups is 1. The highest BCUT2D eigenvalue weighted by atomic mass is 32.1. The molecule has 1 amide bonds. The first kappa shape index (κ1) is 16.3. The Labute approximate surface area is 146 Å². The zero-order valence-electron chi connectivity index (χ0n) is 13.3. The van der Waals surface area contributed by atoms with Gasteiger partial charge in [0.05, 0.1) is 7.11 Å². The molecule has 3 rings (SSSR count). The molecule has 2 aromatic carbocycles. The van der Waals surface area contributed by atoms with Crippen LogP contribution in [0.3, 0.4) is 0 Å². The van der Waals surface area contributed by atoms with Gasteiger partial charge >= 0.3 is 0 Å². The van der Waals surface area contributed by atoms with Crippen LogP contribution in [0.1, 0.15) is 5.56 Å². The molecule has 5 nitrogen and oxygen atoms in total. The second kappa shape index (κ2) is 7.31. The Morgan fingerprint density at radius 2 is 1.88 bits per heavy atom. The molecule has 0 spiro atoms. The number of amides is 1. The topological polar surface area (TPSA) is 50.8 Å². The van der Waals surface area contributed by atoms with Crippen molar-refractivity contribution in [1.29, 1.82) is 0 Å². The van der Waals surface area contributed by atoms with Gasteiger partial charge in [-0.25, -0.2) is 0 Å². The smallest absolute Gasteiger partial charge is 0.264 e. The van der Waals surface area contributed by atoms with Crippen molar-refractivity contribution in [2.45, 2.75) is 6.42 Å². The van der Waals surface area contributed by atoms with E-state index in [0.29, 0.717) is 10.9 Å². The molecule has 6 heteroatoms. The largest absolute Gasteiger partial charge is 0.497 e. The fraction of sp³-hybridized carbons (Fsp3) is 0.222. The van der Waals surface area contributed by atoms with Gasteiger partial charge < -0.3 is 14.4 Å². The van der Waals surface area contributed by atoms with E-state index >= 15 is 0 Å². The molecule has 0 aromatic heterocycles. The van der Waals surface area contributed by atoms with Gasteiger partial charge in [0.25, 0.3) is 5.91 Å². The number of fused-ring (bicyclic) bond motifs is 1.